The smallest absolute Gasteiger partial charge is 0.320 e. The minimum absolute atomic E-state index is 0.0437. The molecule has 4 nitrogen and oxygen atoms in total. The Bertz CT molecular complexity index is 262. The number of hydrogen-bond donors (Lipinski definition) is 1. The van der Waals surface area contributed by atoms with E-state index in [1.807, 2.05) is 11.8 Å². The molecule has 1 atom stereocenters. The number of carbonyl (C=O) groups excluding carboxylic acids is 1. The molecule has 0 radical (unpaired) electrons. The van der Waals surface area contributed by atoms with E-state index >= 15 is 0 Å². The van der Waals surface area contributed by atoms with Gasteiger partial charge in [-0.05, 0) is 19.8 Å². The number of rotatable bonds is 2. The molecule has 1 rings (SSSR count). The summed E-state index contributed by atoms with van der Waals surface area (Å²) in [4.78, 5) is 16.0. The highest BCUT2D eigenvalue weighted by molar-refractivity contribution is 7.80. The first-order valence-corrected chi connectivity index (χ1v) is 6.26. The van der Waals surface area contributed by atoms with Crippen molar-refractivity contribution in [2.24, 2.45) is 5.73 Å². The Kier molecular flexibility index (Phi) is 4.99. The molecule has 0 aliphatic carbocycles. The summed E-state index contributed by atoms with van der Waals surface area (Å²) in [6, 6.07) is -0.132. The Morgan fingerprint density at radius 3 is 2.25 bits per heavy atom. The van der Waals surface area contributed by atoms with Gasteiger partial charge in [-0.1, -0.05) is 25.1 Å². The molecule has 0 aromatic heterocycles. The predicted molar refractivity (Wildman–Crippen MR) is 69.4 cm³/mol. The van der Waals surface area contributed by atoms with Crippen molar-refractivity contribution in [2.75, 3.05) is 20.1 Å². The second-order valence-electron chi connectivity index (χ2n) is 4.37. The number of nitrogens with two attached hydrogens (primary N) is 1. The molecule has 0 bridgehead atoms. The molecule has 2 amide bonds. The van der Waals surface area contributed by atoms with Crippen molar-refractivity contribution in [1.29, 1.82) is 0 Å². The largest absolute Gasteiger partial charge is 0.392 e. The Morgan fingerprint density at radius 2 is 1.81 bits per heavy atom. The molecule has 0 aromatic carbocycles. The molecule has 92 valence electrons. The van der Waals surface area contributed by atoms with E-state index in [2.05, 4.69) is 0 Å². The van der Waals surface area contributed by atoms with Gasteiger partial charge in [0, 0.05) is 20.1 Å². The molecule has 1 aliphatic rings. The third-order valence-corrected chi connectivity index (χ3v) is 3.51. The lowest BCUT2D eigenvalue weighted by Gasteiger charge is -2.30. The van der Waals surface area contributed by atoms with E-state index in [1.54, 1.807) is 11.9 Å². The van der Waals surface area contributed by atoms with E-state index in [0.717, 1.165) is 25.9 Å². The zero-order valence-electron chi connectivity index (χ0n) is 10.1. The van der Waals surface area contributed by atoms with E-state index in [1.165, 1.54) is 12.8 Å². The van der Waals surface area contributed by atoms with E-state index in [9.17, 15) is 4.79 Å². The maximum Gasteiger partial charge on any atom is 0.320 e. The Balaban J connectivity index is 2.57. The van der Waals surface area contributed by atoms with Gasteiger partial charge in [-0.3, -0.25) is 0 Å². The van der Waals surface area contributed by atoms with E-state index < -0.39 is 0 Å². The van der Waals surface area contributed by atoms with E-state index in [0.29, 0.717) is 4.99 Å². The topological polar surface area (TPSA) is 49.6 Å². The first-order chi connectivity index (χ1) is 7.54. The number of likely N-dealkylation sites (N-methyl/N-ethyl adjacent to an activating group) is 1. The number of amides is 2. The molecule has 1 unspecified atom stereocenters. The number of thiocarbonyl (C=S) groups is 1. The van der Waals surface area contributed by atoms with Crippen LogP contribution in [0.1, 0.15) is 32.6 Å². The molecule has 1 aliphatic heterocycles. The number of hydrogen-bond acceptors (Lipinski definition) is 2. The zero-order chi connectivity index (χ0) is 12.1. The van der Waals surface area contributed by atoms with E-state index in [4.69, 9.17) is 18.0 Å². The first kappa shape index (κ1) is 13.2. The molecule has 0 spiro atoms. The summed E-state index contributed by atoms with van der Waals surface area (Å²) in [6.45, 7) is 3.57. The van der Waals surface area contributed by atoms with Crippen molar-refractivity contribution in [3.8, 4) is 0 Å². The van der Waals surface area contributed by atoms with Crippen LogP contribution in [0, 0.1) is 0 Å². The lowest BCUT2D eigenvalue weighted by molar-refractivity contribution is 0.160. The molecule has 1 heterocycles. The van der Waals surface area contributed by atoms with Crippen molar-refractivity contribution < 1.29 is 4.79 Å². The summed E-state index contributed by atoms with van der Waals surface area (Å²) >= 11 is 4.91. The van der Waals surface area contributed by atoms with Crippen LogP contribution in [0.4, 0.5) is 4.79 Å². The quantitative estimate of drug-likeness (QED) is 0.749. The van der Waals surface area contributed by atoms with Gasteiger partial charge in [0.1, 0.15) is 0 Å². The third-order valence-electron chi connectivity index (χ3n) is 3.17. The maximum atomic E-state index is 12.1. The summed E-state index contributed by atoms with van der Waals surface area (Å²) in [6.07, 6.45) is 4.64. The van der Waals surface area contributed by atoms with Crippen LogP contribution in [0.2, 0.25) is 0 Å². The number of carbonyl (C=O) groups is 1. The molecule has 0 saturated carbocycles. The van der Waals surface area contributed by atoms with Gasteiger partial charge in [0.2, 0.25) is 0 Å². The second-order valence-corrected chi connectivity index (χ2v) is 4.84. The fraction of sp³-hybridized carbons (Fsp3) is 0.818. The van der Waals surface area contributed by atoms with Crippen molar-refractivity contribution >= 4 is 23.2 Å². The van der Waals surface area contributed by atoms with Gasteiger partial charge in [0.25, 0.3) is 0 Å². The second kappa shape index (κ2) is 6.03. The standard InChI is InChI=1S/C11H21N3OS/c1-9(10(12)16)13(2)11(15)14-7-5-3-4-6-8-14/h9H,3-8H2,1-2H3,(H2,12,16). The third kappa shape index (κ3) is 3.33. The SMILES string of the molecule is CC(C(N)=S)N(C)C(=O)N1CCCCCC1. The van der Waals surface area contributed by atoms with Crippen molar-refractivity contribution in [2.45, 2.75) is 38.6 Å². The van der Waals surface area contributed by atoms with Crippen LogP contribution in [0.3, 0.4) is 0 Å². The van der Waals surface area contributed by atoms with Crippen molar-refractivity contribution in [3.63, 3.8) is 0 Å². The number of likely N-dealkylation sites (tertiary alicyclic amines) is 1. The minimum Gasteiger partial charge on any atom is -0.392 e. The monoisotopic (exact) mass is 243 g/mol. The van der Waals surface area contributed by atoms with Gasteiger partial charge >= 0.3 is 6.03 Å². The van der Waals surface area contributed by atoms with Gasteiger partial charge in [-0.25, -0.2) is 4.79 Å². The van der Waals surface area contributed by atoms with Crippen LogP contribution in [-0.4, -0.2) is 47.0 Å². The van der Waals surface area contributed by atoms with Crippen LogP contribution in [0.15, 0.2) is 0 Å². The van der Waals surface area contributed by atoms with Gasteiger partial charge in [0.15, 0.2) is 0 Å². The summed E-state index contributed by atoms with van der Waals surface area (Å²) in [5.74, 6) is 0. The number of urea groups is 1. The highest BCUT2D eigenvalue weighted by atomic mass is 32.1. The minimum atomic E-state index is -0.175. The normalized spacial score (nSPS) is 18.8. The summed E-state index contributed by atoms with van der Waals surface area (Å²) < 4.78 is 0. The summed E-state index contributed by atoms with van der Waals surface area (Å²) in [5, 5.41) is 0. The van der Waals surface area contributed by atoms with Crippen molar-refractivity contribution in [3.05, 3.63) is 0 Å². The number of nitrogens with zero attached hydrogens (tertiary/aromatic N) is 2. The molecule has 16 heavy (non-hydrogen) atoms. The molecule has 1 fully saturated rings. The maximum absolute atomic E-state index is 12.1. The highest BCUT2D eigenvalue weighted by Gasteiger charge is 2.23. The van der Waals surface area contributed by atoms with Crippen LogP contribution < -0.4 is 5.73 Å². The Morgan fingerprint density at radius 1 is 1.31 bits per heavy atom. The van der Waals surface area contributed by atoms with Crippen LogP contribution >= 0.6 is 12.2 Å². The fourth-order valence-electron chi connectivity index (χ4n) is 1.84. The zero-order valence-corrected chi connectivity index (χ0v) is 10.9. The molecular weight excluding hydrogens is 222 g/mol. The highest BCUT2D eigenvalue weighted by Crippen LogP contribution is 2.12. The predicted octanol–water partition coefficient (Wildman–Crippen LogP) is 1.59. The molecular formula is C11H21N3OS. The lowest BCUT2D eigenvalue weighted by atomic mass is 10.2. The van der Waals surface area contributed by atoms with E-state index in [-0.39, 0.29) is 12.1 Å². The van der Waals surface area contributed by atoms with Crippen LogP contribution in [-0.2, 0) is 0 Å². The van der Waals surface area contributed by atoms with Crippen molar-refractivity contribution in [1.82, 2.24) is 9.80 Å². The van der Waals surface area contributed by atoms with Gasteiger partial charge in [0.05, 0.1) is 11.0 Å². The molecule has 5 heteroatoms. The Hall–Kier alpha value is -0.840. The average molecular weight is 243 g/mol. The average Bonchev–Trinajstić information content (AvgIpc) is 2.54. The lowest BCUT2D eigenvalue weighted by Crippen LogP contribution is -2.49. The van der Waals surface area contributed by atoms with Gasteiger partial charge in [-0.15, -0.1) is 0 Å². The first-order valence-electron chi connectivity index (χ1n) is 5.85. The van der Waals surface area contributed by atoms with Gasteiger partial charge in [-0.2, -0.15) is 0 Å². The fourth-order valence-corrected chi connectivity index (χ4v) is 2.00. The molecule has 1 saturated heterocycles. The van der Waals surface area contributed by atoms with Crippen LogP contribution in [0.25, 0.3) is 0 Å². The van der Waals surface area contributed by atoms with Gasteiger partial charge < -0.3 is 15.5 Å². The summed E-state index contributed by atoms with van der Waals surface area (Å²) in [7, 11) is 1.76. The Labute approximate surface area is 103 Å². The summed E-state index contributed by atoms with van der Waals surface area (Å²) in [5.41, 5.74) is 5.55. The molecule has 0 aromatic rings. The van der Waals surface area contributed by atoms with Crippen LogP contribution in [0.5, 0.6) is 0 Å². The molecule has 2 N–H and O–H groups in total.